The summed E-state index contributed by atoms with van der Waals surface area (Å²) in [5.74, 6) is 0. The van der Waals surface area contributed by atoms with Gasteiger partial charge in [0.1, 0.15) is 11.2 Å². The number of benzene rings is 7. The monoisotopic (exact) mass is 647 g/mol. The Kier molecular flexibility index (Phi) is 6.97. The summed E-state index contributed by atoms with van der Waals surface area (Å²) < 4.78 is 8.62. The molecule has 49 heavy (non-hydrogen) atoms. The maximum Gasteiger partial charge on any atom is 0.135 e. The Hall–Kier alpha value is -6.22. The number of rotatable bonds is 6. The van der Waals surface area contributed by atoms with Gasteiger partial charge in [-0.1, -0.05) is 72.4 Å². The molecule has 4 nitrogen and oxygen atoms in total. The summed E-state index contributed by atoms with van der Waals surface area (Å²) in [6, 6.07) is 57.3. The van der Waals surface area contributed by atoms with Crippen LogP contribution < -0.4 is 4.90 Å². The van der Waals surface area contributed by atoms with Crippen molar-refractivity contribution in [3.8, 4) is 22.9 Å². The second-order valence-corrected chi connectivity index (χ2v) is 13.3. The second kappa shape index (κ2) is 11.8. The predicted molar refractivity (Wildman–Crippen MR) is 203 cm³/mol. The number of aromatic nitrogens is 1. The molecule has 0 amide bonds. The van der Waals surface area contributed by atoms with Gasteiger partial charge in [-0.3, -0.25) is 0 Å². The van der Waals surface area contributed by atoms with E-state index in [2.05, 4.69) is 144 Å². The molecule has 0 aliphatic heterocycles. The molecule has 0 bridgehead atoms. The number of furan rings is 1. The van der Waals surface area contributed by atoms with Crippen molar-refractivity contribution in [2.45, 2.75) is 9.79 Å². The smallest absolute Gasteiger partial charge is 0.135 e. The minimum Gasteiger partial charge on any atom is -0.456 e. The molecule has 0 N–H and O–H groups in total. The normalized spacial score (nSPS) is 11.4. The molecular formula is C44H29N3OS. The summed E-state index contributed by atoms with van der Waals surface area (Å²) in [5.41, 5.74) is 10.4. The quantitative estimate of drug-likeness (QED) is 0.180. The van der Waals surface area contributed by atoms with Crippen LogP contribution in [0.4, 0.5) is 11.4 Å². The summed E-state index contributed by atoms with van der Waals surface area (Å²) >= 11 is 1.69. The maximum atomic E-state index is 9.17. The summed E-state index contributed by atoms with van der Waals surface area (Å²) in [6.45, 7) is 0. The van der Waals surface area contributed by atoms with Crippen LogP contribution >= 0.6 is 11.8 Å². The first-order valence-electron chi connectivity index (χ1n) is 16.2. The lowest BCUT2D eigenvalue weighted by Crippen LogP contribution is -2.10. The summed E-state index contributed by atoms with van der Waals surface area (Å²) in [5, 5.41) is 13.8. The van der Waals surface area contributed by atoms with Crippen LogP contribution in [0.15, 0.2) is 172 Å². The maximum absolute atomic E-state index is 9.17. The van der Waals surface area contributed by atoms with Crippen LogP contribution in [0, 0.1) is 11.3 Å². The van der Waals surface area contributed by atoms with Crippen LogP contribution in [0.1, 0.15) is 5.56 Å². The van der Waals surface area contributed by atoms with Crippen molar-refractivity contribution in [3.05, 3.63) is 163 Å². The highest BCUT2D eigenvalue weighted by atomic mass is 32.2. The van der Waals surface area contributed by atoms with Gasteiger partial charge in [-0.25, -0.2) is 0 Å². The molecule has 0 atom stereocenters. The largest absolute Gasteiger partial charge is 0.456 e. The number of nitrogens with zero attached hydrogens (tertiary/aromatic N) is 3. The number of para-hydroxylation sites is 3. The first-order chi connectivity index (χ1) is 24.2. The number of hydrogen-bond acceptors (Lipinski definition) is 4. The average Bonchev–Trinajstić information content (AvgIpc) is 3.71. The molecule has 0 saturated heterocycles. The standard InChI is InChI=1S/C44H29N3OS/c1-46(31-9-3-2-4-10-31)39-24-25-40-44(43(39)30-17-26-42-37(27-30)35-11-6-8-14-41(35)48-42)36-12-5-7-13-38(36)47(40)32-18-22-34(23-19-32)49-33-20-15-29(28-45)16-21-33/h2-27H,1H3. The molecule has 0 fully saturated rings. The van der Waals surface area contributed by atoms with Gasteiger partial charge in [0.05, 0.1) is 22.7 Å². The number of hydrogen-bond donors (Lipinski definition) is 0. The molecule has 232 valence electrons. The van der Waals surface area contributed by atoms with E-state index in [9.17, 15) is 5.26 Å². The molecule has 0 unspecified atom stereocenters. The fourth-order valence-corrected chi connectivity index (χ4v) is 7.78. The molecule has 2 aromatic heterocycles. The van der Waals surface area contributed by atoms with Gasteiger partial charge in [-0.05, 0) is 103 Å². The molecule has 0 saturated carbocycles. The van der Waals surface area contributed by atoms with Gasteiger partial charge in [0.2, 0.25) is 0 Å². The molecule has 0 aliphatic carbocycles. The first-order valence-corrected chi connectivity index (χ1v) is 17.0. The van der Waals surface area contributed by atoms with Crippen LogP contribution in [0.2, 0.25) is 0 Å². The van der Waals surface area contributed by atoms with E-state index < -0.39 is 0 Å². The van der Waals surface area contributed by atoms with E-state index in [-0.39, 0.29) is 0 Å². The average molecular weight is 648 g/mol. The second-order valence-electron chi connectivity index (χ2n) is 12.1. The van der Waals surface area contributed by atoms with Gasteiger partial charge in [-0.2, -0.15) is 5.26 Å². The zero-order chi connectivity index (χ0) is 32.9. The van der Waals surface area contributed by atoms with E-state index in [1.807, 2.05) is 36.4 Å². The molecular weight excluding hydrogens is 619 g/mol. The minimum absolute atomic E-state index is 0.668. The van der Waals surface area contributed by atoms with E-state index in [0.29, 0.717) is 5.56 Å². The summed E-state index contributed by atoms with van der Waals surface area (Å²) in [7, 11) is 2.15. The number of fused-ring (bicyclic) bond motifs is 6. The van der Waals surface area contributed by atoms with Crippen molar-refractivity contribution in [2.24, 2.45) is 0 Å². The topological polar surface area (TPSA) is 45.1 Å². The fraction of sp³-hybridized carbons (Fsp3) is 0.0227. The van der Waals surface area contributed by atoms with Crippen LogP contribution in [-0.4, -0.2) is 11.6 Å². The third-order valence-electron chi connectivity index (χ3n) is 9.30. The van der Waals surface area contributed by atoms with Crippen molar-refractivity contribution >= 4 is 66.9 Å². The zero-order valence-corrected chi connectivity index (χ0v) is 27.5. The molecule has 5 heteroatoms. The Morgan fingerprint density at radius 3 is 2.06 bits per heavy atom. The van der Waals surface area contributed by atoms with Crippen molar-refractivity contribution in [3.63, 3.8) is 0 Å². The highest BCUT2D eigenvalue weighted by molar-refractivity contribution is 7.99. The number of anilines is 2. The van der Waals surface area contributed by atoms with E-state index in [0.717, 1.165) is 65.4 Å². The van der Waals surface area contributed by atoms with Crippen molar-refractivity contribution in [1.29, 1.82) is 5.26 Å². The first kappa shape index (κ1) is 29.0. The Labute approximate surface area is 288 Å². The third kappa shape index (κ3) is 4.93. The Morgan fingerprint density at radius 2 is 1.29 bits per heavy atom. The lowest BCUT2D eigenvalue weighted by Gasteiger charge is -2.24. The van der Waals surface area contributed by atoms with E-state index >= 15 is 0 Å². The lowest BCUT2D eigenvalue weighted by molar-refractivity contribution is 0.669. The van der Waals surface area contributed by atoms with Crippen LogP contribution in [-0.2, 0) is 0 Å². The summed E-state index contributed by atoms with van der Waals surface area (Å²) in [4.78, 5) is 4.53. The van der Waals surface area contributed by atoms with Gasteiger partial charge in [0.25, 0.3) is 0 Å². The minimum atomic E-state index is 0.668. The number of nitriles is 1. The highest BCUT2D eigenvalue weighted by Crippen LogP contribution is 2.46. The SMILES string of the molecule is CN(c1ccccc1)c1ccc2c(c1-c1ccc3oc4ccccc4c3c1)c1ccccc1n2-c1ccc(Sc2ccc(C#N)cc2)cc1. The molecule has 9 aromatic rings. The van der Waals surface area contributed by atoms with Gasteiger partial charge < -0.3 is 13.9 Å². The van der Waals surface area contributed by atoms with Gasteiger partial charge in [0.15, 0.2) is 0 Å². The Morgan fingerprint density at radius 1 is 0.612 bits per heavy atom. The predicted octanol–water partition coefficient (Wildman–Crippen LogP) is 12.1. The van der Waals surface area contributed by atoms with Crippen LogP contribution in [0.3, 0.4) is 0 Å². The lowest BCUT2D eigenvalue weighted by atomic mass is 9.95. The molecule has 9 rings (SSSR count). The van der Waals surface area contributed by atoms with E-state index in [1.165, 1.54) is 16.3 Å². The molecule has 0 spiro atoms. The Bertz CT molecular complexity index is 2700. The van der Waals surface area contributed by atoms with Crippen molar-refractivity contribution in [1.82, 2.24) is 4.57 Å². The van der Waals surface area contributed by atoms with Crippen LogP contribution in [0.5, 0.6) is 0 Å². The zero-order valence-electron chi connectivity index (χ0n) is 26.7. The summed E-state index contributed by atoms with van der Waals surface area (Å²) in [6.07, 6.45) is 0. The van der Waals surface area contributed by atoms with Crippen molar-refractivity contribution in [2.75, 3.05) is 11.9 Å². The van der Waals surface area contributed by atoms with Crippen molar-refractivity contribution < 1.29 is 4.42 Å². The van der Waals surface area contributed by atoms with E-state index in [1.54, 1.807) is 11.8 Å². The highest BCUT2D eigenvalue weighted by Gasteiger charge is 2.22. The van der Waals surface area contributed by atoms with Gasteiger partial charge >= 0.3 is 0 Å². The molecule has 0 aliphatic rings. The third-order valence-corrected chi connectivity index (χ3v) is 10.3. The van der Waals surface area contributed by atoms with Crippen LogP contribution in [0.25, 0.3) is 60.6 Å². The van der Waals surface area contributed by atoms with Gasteiger partial charge in [0, 0.05) is 61.0 Å². The fourth-order valence-electron chi connectivity index (χ4n) is 6.97. The molecule has 0 radical (unpaired) electrons. The molecule has 7 aromatic carbocycles. The van der Waals surface area contributed by atoms with Gasteiger partial charge in [-0.15, -0.1) is 0 Å². The van der Waals surface area contributed by atoms with E-state index in [4.69, 9.17) is 4.42 Å². The molecule has 2 heterocycles. The Balaban J connectivity index is 1.26.